The van der Waals surface area contributed by atoms with Gasteiger partial charge in [0.25, 0.3) is 0 Å². The van der Waals surface area contributed by atoms with Crippen LogP contribution < -0.4 is 5.73 Å². The summed E-state index contributed by atoms with van der Waals surface area (Å²) in [5, 5.41) is 0. The molecule has 3 rings (SSSR count). The van der Waals surface area contributed by atoms with Gasteiger partial charge in [0.05, 0.1) is 11.7 Å². The summed E-state index contributed by atoms with van der Waals surface area (Å²) < 4.78 is 3.21. The van der Waals surface area contributed by atoms with Crippen molar-refractivity contribution in [3.05, 3.63) is 46.5 Å². The highest BCUT2D eigenvalue weighted by Gasteiger charge is 2.20. The summed E-state index contributed by atoms with van der Waals surface area (Å²) in [7, 11) is 0. The van der Waals surface area contributed by atoms with Gasteiger partial charge in [-0.05, 0) is 36.6 Å². The molecule has 82 valence electrons. The number of aromatic nitrogens is 2. The summed E-state index contributed by atoms with van der Waals surface area (Å²) in [5.41, 5.74) is 8.63. The molecule has 0 radical (unpaired) electrons. The van der Waals surface area contributed by atoms with E-state index in [9.17, 15) is 0 Å². The fourth-order valence-electron chi connectivity index (χ4n) is 2.22. The van der Waals surface area contributed by atoms with Gasteiger partial charge in [-0.25, -0.2) is 4.98 Å². The molecule has 1 atom stereocenters. The van der Waals surface area contributed by atoms with Gasteiger partial charge in [-0.15, -0.1) is 0 Å². The summed E-state index contributed by atoms with van der Waals surface area (Å²) in [4.78, 5) is 4.35. The molecule has 0 amide bonds. The molecule has 1 aromatic heterocycles. The van der Waals surface area contributed by atoms with Crippen LogP contribution >= 0.6 is 15.9 Å². The second-order valence-electron chi connectivity index (χ2n) is 4.07. The van der Waals surface area contributed by atoms with E-state index in [0.29, 0.717) is 0 Å². The second-order valence-corrected chi connectivity index (χ2v) is 4.99. The highest BCUT2D eigenvalue weighted by Crippen LogP contribution is 2.29. The van der Waals surface area contributed by atoms with E-state index in [1.807, 2.05) is 12.4 Å². The molecular weight excluding hydrogens is 266 g/mol. The first-order valence-electron chi connectivity index (χ1n) is 5.33. The van der Waals surface area contributed by atoms with Crippen LogP contribution in [0.4, 0.5) is 0 Å². The van der Waals surface area contributed by atoms with E-state index in [0.717, 1.165) is 23.1 Å². The monoisotopic (exact) mass is 277 g/mol. The zero-order valence-corrected chi connectivity index (χ0v) is 10.3. The van der Waals surface area contributed by atoms with Crippen molar-refractivity contribution in [3.63, 3.8) is 0 Å². The van der Waals surface area contributed by atoms with E-state index in [1.54, 1.807) is 0 Å². The molecule has 0 bridgehead atoms. The zero-order valence-electron chi connectivity index (χ0n) is 8.73. The summed E-state index contributed by atoms with van der Waals surface area (Å²) in [5.74, 6) is 0.959. The minimum atomic E-state index is 0.0289. The average Bonchev–Trinajstić information content (AvgIpc) is 2.70. The Bertz CT molecular complexity index is 533. The summed E-state index contributed by atoms with van der Waals surface area (Å²) in [6.45, 7) is 0. The number of benzene rings is 1. The van der Waals surface area contributed by atoms with Crippen molar-refractivity contribution in [3.8, 4) is 5.69 Å². The number of nitrogens with zero attached hydrogens (tertiary/aromatic N) is 2. The van der Waals surface area contributed by atoms with Gasteiger partial charge in [0.1, 0.15) is 5.82 Å². The quantitative estimate of drug-likeness (QED) is 0.805. The van der Waals surface area contributed by atoms with Crippen molar-refractivity contribution >= 4 is 15.9 Å². The van der Waals surface area contributed by atoms with E-state index >= 15 is 0 Å². The molecule has 0 saturated carbocycles. The highest BCUT2D eigenvalue weighted by molar-refractivity contribution is 9.10. The molecule has 4 heteroatoms. The van der Waals surface area contributed by atoms with Crippen LogP contribution in [0.2, 0.25) is 0 Å². The lowest BCUT2D eigenvalue weighted by molar-refractivity contribution is 0.621. The molecule has 0 aliphatic carbocycles. The van der Waals surface area contributed by atoms with Crippen molar-refractivity contribution in [1.29, 1.82) is 0 Å². The molecule has 2 N–H and O–H groups in total. The molecule has 3 nitrogen and oxygen atoms in total. The molecule has 2 heterocycles. The Morgan fingerprint density at radius 1 is 1.44 bits per heavy atom. The Balaban J connectivity index is 2.24. The predicted octanol–water partition coefficient (Wildman–Crippen LogP) is 2.58. The third-order valence-electron chi connectivity index (χ3n) is 3.03. The minimum absolute atomic E-state index is 0.0289. The van der Waals surface area contributed by atoms with Gasteiger partial charge in [0.2, 0.25) is 0 Å². The van der Waals surface area contributed by atoms with Crippen molar-refractivity contribution in [2.45, 2.75) is 18.9 Å². The smallest absolute Gasteiger partial charge is 0.130 e. The number of fused-ring (bicyclic) bond motifs is 3. The molecule has 16 heavy (non-hydrogen) atoms. The topological polar surface area (TPSA) is 43.8 Å². The Hall–Kier alpha value is -1.13. The molecular formula is C12H12BrN3. The van der Waals surface area contributed by atoms with Gasteiger partial charge >= 0.3 is 0 Å². The Morgan fingerprint density at radius 2 is 2.31 bits per heavy atom. The number of nitrogens with two attached hydrogens (primary N) is 1. The molecule has 0 spiro atoms. The third kappa shape index (κ3) is 1.49. The van der Waals surface area contributed by atoms with Crippen molar-refractivity contribution < 1.29 is 0 Å². The third-order valence-corrected chi connectivity index (χ3v) is 3.52. The predicted molar refractivity (Wildman–Crippen MR) is 66.5 cm³/mol. The molecule has 1 aromatic carbocycles. The van der Waals surface area contributed by atoms with Gasteiger partial charge in [-0.3, -0.25) is 0 Å². The molecule has 1 aliphatic rings. The van der Waals surface area contributed by atoms with Crippen molar-refractivity contribution in [2.75, 3.05) is 0 Å². The maximum Gasteiger partial charge on any atom is 0.130 e. The van der Waals surface area contributed by atoms with Crippen LogP contribution in [0.15, 0.2) is 35.1 Å². The van der Waals surface area contributed by atoms with E-state index in [-0.39, 0.29) is 6.04 Å². The van der Waals surface area contributed by atoms with Gasteiger partial charge in [0, 0.05) is 16.9 Å². The molecule has 1 aliphatic heterocycles. The highest BCUT2D eigenvalue weighted by atomic mass is 79.9. The lowest BCUT2D eigenvalue weighted by atomic mass is 10.1. The van der Waals surface area contributed by atoms with Crippen molar-refractivity contribution in [2.24, 2.45) is 5.73 Å². The maximum atomic E-state index is 6.11. The zero-order chi connectivity index (χ0) is 11.1. The Morgan fingerprint density at radius 3 is 3.19 bits per heavy atom. The number of halogens is 1. The van der Waals surface area contributed by atoms with E-state index < -0.39 is 0 Å². The van der Waals surface area contributed by atoms with Crippen LogP contribution in [0.25, 0.3) is 5.69 Å². The number of hydrogen-bond donors (Lipinski definition) is 1. The molecule has 2 aromatic rings. The average molecular weight is 278 g/mol. The number of aryl methyl sites for hydroxylation is 1. The van der Waals surface area contributed by atoms with Crippen LogP contribution in [-0.4, -0.2) is 9.55 Å². The van der Waals surface area contributed by atoms with Crippen LogP contribution in [0, 0.1) is 0 Å². The lowest BCUT2D eigenvalue weighted by Crippen LogP contribution is -2.13. The van der Waals surface area contributed by atoms with Crippen LogP contribution in [-0.2, 0) is 6.42 Å². The largest absolute Gasteiger partial charge is 0.321 e. The number of rotatable bonds is 0. The lowest BCUT2D eigenvalue weighted by Gasteiger charge is -2.10. The SMILES string of the molecule is N[C@H]1CCc2cc(Br)ccc2-n2ccnc21. The van der Waals surface area contributed by atoms with Gasteiger partial charge in [-0.1, -0.05) is 15.9 Å². The summed E-state index contributed by atoms with van der Waals surface area (Å²) in [6, 6.07) is 6.36. The molecule has 0 fully saturated rings. The maximum absolute atomic E-state index is 6.11. The van der Waals surface area contributed by atoms with Crippen LogP contribution in [0.1, 0.15) is 23.9 Å². The fraction of sp³-hybridized carbons (Fsp3) is 0.250. The van der Waals surface area contributed by atoms with Gasteiger partial charge in [-0.2, -0.15) is 0 Å². The fourth-order valence-corrected chi connectivity index (χ4v) is 2.63. The first-order chi connectivity index (χ1) is 7.75. The van der Waals surface area contributed by atoms with Gasteiger partial charge in [0.15, 0.2) is 0 Å². The minimum Gasteiger partial charge on any atom is -0.321 e. The first kappa shape index (κ1) is 10.1. The standard InChI is InChI=1S/C12H12BrN3/c13-9-2-4-11-8(7-9)1-3-10(14)12-15-5-6-16(11)12/h2,4-7,10H,1,3,14H2/t10-/m0/s1. The summed E-state index contributed by atoms with van der Waals surface area (Å²) in [6.07, 6.45) is 5.74. The van der Waals surface area contributed by atoms with E-state index in [1.165, 1.54) is 11.3 Å². The Kier molecular flexibility index (Phi) is 2.33. The van der Waals surface area contributed by atoms with Crippen molar-refractivity contribution in [1.82, 2.24) is 9.55 Å². The molecule has 0 unspecified atom stereocenters. The van der Waals surface area contributed by atoms with E-state index in [2.05, 4.69) is 43.7 Å². The first-order valence-corrected chi connectivity index (χ1v) is 6.12. The number of hydrogen-bond acceptors (Lipinski definition) is 2. The molecule has 0 saturated heterocycles. The second kappa shape index (κ2) is 3.71. The summed E-state index contributed by atoms with van der Waals surface area (Å²) >= 11 is 3.51. The Labute approximate surface area is 102 Å². The van der Waals surface area contributed by atoms with Gasteiger partial charge < -0.3 is 10.3 Å². The van der Waals surface area contributed by atoms with Crippen LogP contribution in [0.3, 0.4) is 0 Å². The number of imidazole rings is 1. The van der Waals surface area contributed by atoms with Crippen LogP contribution in [0.5, 0.6) is 0 Å². The van der Waals surface area contributed by atoms with E-state index in [4.69, 9.17) is 5.73 Å². The normalized spacial score (nSPS) is 18.8.